The summed E-state index contributed by atoms with van der Waals surface area (Å²) in [5.74, 6) is -0.651. The first-order valence-electron chi connectivity index (χ1n) is 10.7. The summed E-state index contributed by atoms with van der Waals surface area (Å²) in [7, 11) is -4.02. The second kappa shape index (κ2) is 9.42. The minimum atomic E-state index is -4.02. The standard InChI is InChI=1S/C25H24F2N2O4S/c1-16-3-9-22(14-23(16)27)34(31,32)28-21-8-10-24-19(13-21)15-29(25(30)17(2)33-24)12-11-18-4-6-20(26)7-5-18/h3-10,13-14,17,28H,11-12,15H2,1-2H3. The van der Waals surface area contributed by atoms with Crippen molar-refractivity contribution >= 4 is 21.6 Å². The highest BCUT2D eigenvalue weighted by atomic mass is 32.2. The van der Waals surface area contributed by atoms with Crippen LogP contribution >= 0.6 is 0 Å². The van der Waals surface area contributed by atoms with E-state index in [0.717, 1.165) is 11.6 Å². The molecule has 6 nitrogen and oxygen atoms in total. The zero-order chi connectivity index (χ0) is 24.5. The lowest BCUT2D eigenvalue weighted by molar-refractivity contribution is -0.137. The van der Waals surface area contributed by atoms with Crippen molar-refractivity contribution in [1.82, 2.24) is 4.90 Å². The topological polar surface area (TPSA) is 75.7 Å². The molecule has 1 heterocycles. The van der Waals surface area contributed by atoms with E-state index in [2.05, 4.69) is 4.72 Å². The molecule has 178 valence electrons. The number of anilines is 1. The highest BCUT2D eigenvalue weighted by Gasteiger charge is 2.28. The van der Waals surface area contributed by atoms with Crippen LogP contribution in [-0.4, -0.2) is 31.9 Å². The minimum Gasteiger partial charge on any atom is -0.481 e. The Bertz CT molecular complexity index is 1330. The van der Waals surface area contributed by atoms with Crippen molar-refractivity contribution in [3.63, 3.8) is 0 Å². The van der Waals surface area contributed by atoms with E-state index in [1.807, 2.05) is 0 Å². The Balaban J connectivity index is 1.55. The number of ether oxygens (including phenoxy) is 1. The predicted molar refractivity (Wildman–Crippen MR) is 124 cm³/mol. The molecule has 0 fully saturated rings. The quantitative estimate of drug-likeness (QED) is 0.560. The van der Waals surface area contributed by atoms with E-state index in [1.165, 1.54) is 30.3 Å². The fourth-order valence-electron chi connectivity index (χ4n) is 3.72. The first kappa shape index (κ1) is 23.7. The molecule has 0 saturated carbocycles. The van der Waals surface area contributed by atoms with Crippen molar-refractivity contribution < 1.29 is 26.7 Å². The van der Waals surface area contributed by atoms with Crippen LogP contribution in [0, 0.1) is 18.6 Å². The molecular weight excluding hydrogens is 462 g/mol. The number of carbonyl (C=O) groups is 1. The zero-order valence-electron chi connectivity index (χ0n) is 18.7. The van der Waals surface area contributed by atoms with Gasteiger partial charge in [0.1, 0.15) is 17.4 Å². The van der Waals surface area contributed by atoms with Crippen molar-refractivity contribution in [2.45, 2.75) is 37.8 Å². The molecule has 1 aliphatic rings. The highest BCUT2D eigenvalue weighted by Crippen LogP contribution is 2.30. The second-order valence-electron chi connectivity index (χ2n) is 8.24. The monoisotopic (exact) mass is 486 g/mol. The lowest BCUT2D eigenvalue weighted by atomic mass is 10.1. The van der Waals surface area contributed by atoms with Crippen LogP contribution in [0.4, 0.5) is 14.5 Å². The molecular formula is C25H24F2N2O4S. The summed E-state index contributed by atoms with van der Waals surface area (Å²) in [6.07, 6.45) is -0.188. The van der Waals surface area contributed by atoms with Gasteiger partial charge in [-0.1, -0.05) is 18.2 Å². The Hall–Kier alpha value is -3.46. The van der Waals surface area contributed by atoms with Crippen LogP contribution < -0.4 is 9.46 Å². The van der Waals surface area contributed by atoms with Gasteiger partial charge in [0.25, 0.3) is 15.9 Å². The maximum Gasteiger partial charge on any atom is 0.263 e. The van der Waals surface area contributed by atoms with Gasteiger partial charge in [-0.25, -0.2) is 17.2 Å². The van der Waals surface area contributed by atoms with Crippen LogP contribution in [0.15, 0.2) is 65.6 Å². The third-order valence-electron chi connectivity index (χ3n) is 5.67. The number of carbonyl (C=O) groups excluding carboxylic acids is 1. The van der Waals surface area contributed by atoms with E-state index in [4.69, 9.17) is 4.74 Å². The minimum absolute atomic E-state index is 0.188. The Kier molecular flexibility index (Phi) is 6.56. The summed E-state index contributed by atoms with van der Waals surface area (Å²) in [6, 6.07) is 14.6. The molecule has 34 heavy (non-hydrogen) atoms. The summed E-state index contributed by atoms with van der Waals surface area (Å²) in [5, 5.41) is 0. The van der Waals surface area contributed by atoms with Gasteiger partial charge in [0.15, 0.2) is 6.10 Å². The molecule has 1 unspecified atom stereocenters. The Labute approximate surface area is 197 Å². The number of amides is 1. The number of sulfonamides is 1. The maximum atomic E-state index is 13.9. The zero-order valence-corrected chi connectivity index (χ0v) is 19.5. The van der Waals surface area contributed by atoms with Crippen molar-refractivity contribution in [3.05, 3.63) is 89.0 Å². The summed E-state index contributed by atoms with van der Waals surface area (Å²) in [5.41, 5.74) is 2.13. The van der Waals surface area contributed by atoms with E-state index in [9.17, 15) is 22.0 Å². The number of hydrogen-bond donors (Lipinski definition) is 1. The molecule has 1 amide bonds. The van der Waals surface area contributed by atoms with Gasteiger partial charge in [-0.2, -0.15) is 0 Å². The molecule has 1 N–H and O–H groups in total. The van der Waals surface area contributed by atoms with Crippen molar-refractivity contribution in [2.24, 2.45) is 0 Å². The fourth-order valence-corrected chi connectivity index (χ4v) is 4.78. The Morgan fingerprint density at radius 3 is 2.50 bits per heavy atom. The fraction of sp³-hybridized carbons (Fsp3) is 0.240. The van der Waals surface area contributed by atoms with Crippen LogP contribution in [0.2, 0.25) is 0 Å². The second-order valence-corrected chi connectivity index (χ2v) is 9.92. The Morgan fingerprint density at radius 2 is 1.79 bits per heavy atom. The van der Waals surface area contributed by atoms with Crippen molar-refractivity contribution in [2.75, 3.05) is 11.3 Å². The summed E-state index contributed by atoms with van der Waals surface area (Å²) in [4.78, 5) is 14.3. The molecule has 1 atom stereocenters. The highest BCUT2D eigenvalue weighted by molar-refractivity contribution is 7.92. The third kappa shape index (κ3) is 5.20. The van der Waals surface area contributed by atoms with E-state index < -0.39 is 21.9 Å². The molecule has 0 spiro atoms. The normalized spacial score (nSPS) is 15.9. The van der Waals surface area contributed by atoms with Gasteiger partial charge in [-0.3, -0.25) is 9.52 Å². The van der Waals surface area contributed by atoms with Gasteiger partial charge in [-0.05, 0) is 73.9 Å². The van der Waals surface area contributed by atoms with Crippen LogP contribution in [-0.2, 0) is 27.8 Å². The number of nitrogens with one attached hydrogen (secondary N) is 1. The SMILES string of the molecule is Cc1ccc(S(=O)(=O)Nc2ccc3c(c2)CN(CCc2ccc(F)cc2)C(=O)C(C)O3)cc1F. The number of nitrogens with zero attached hydrogens (tertiary/aromatic N) is 1. The smallest absolute Gasteiger partial charge is 0.263 e. The van der Waals surface area contributed by atoms with Crippen LogP contribution in [0.25, 0.3) is 0 Å². The van der Waals surface area contributed by atoms with Crippen LogP contribution in [0.5, 0.6) is 5.75 Å². The summed E-state index contributed by atoms with van der Waals surface area (Å²) in [6.45, 7) is 3.81. The maximum absolute atomic E-state index is 13.9. The molecule has 0 aromatic heterocycles. The van der Waals surface area contributed by atoms with Gasteiger partial charge < -0.3 is 9.64 Å². The molecule has 0 aliphatic carbocycles. The first-order chi connectivity index (χ1) is 16.1. The lowest BCUT2D eigenvalue weighted by Crippen LogP contribution is -2.39. The molecule has 0 saturated heterocycles. The van der Waals surface area contributed by atoms with Crippen molar-refractivity contribution in [3.8, 4) is 5.75 Å². The number of halogens is 2. The van der Waals surface area contributed by atoms with Gasteiger partial charge in [-0.15, -0.1) is 0 Å². The van der Waals surface area contributed by atoms with Crippen LogP contribution in [0.3, 0.4) is 0 Å². The van der Waals surface area contributed by atoms with Gasteiger partial charge in [0.2, 0.25) is 0 Å². The molecule has 1 aliphatic heterocycles. The molecule has 3 aromatic carbocycles. The molecule has 3 aromatic rings. The summed E-state index contributed by atoms with van der Waals surface area (Å²) >= 11 is 0. The molecule has 0 radical (unpaired) electrons. The molecule has 4 rings (SSSR count). The lowest BCUT2D eigenvalue weighted by Gasteiger charge is -2.22. The van der Waals surface area contributed by atoms with E-state index in [-0.39, 0.29) is 28.9 Å². The number of fused-ring (bicyclic) bond motifs is 1. The molecule has 9 heteroatoms. The Morgan fingerprint density at radius 1 is 1.06 bits per heavy atom. The first-order valence-corrected chi connectivity index (χ1v) is 12.2. The predicted octanol–water partition coefficient (Wildman–Crippen LogP) is 4.43. The summed E-state index contributed by atoms with van der Waals surface area (Å²) < 4.78 is 60.8. The van der Waals surface area contributed by atoms with Gasteiger partial charge in [0.05, 0.1) is 4.90 Å². The number of rotatable bonds is 6. The van der Waals surface area contributed by atoms with E-state index >= 15 is 0 Å². The van der Waals surface area contributed by atoms with Crippen LogP contribution in [0.1, 0.15) is 23.6 Å². The van der Waals surface area contributed by atoms with E-state index in [0.29, 0.717) is 29.8 Å². The number of benzene rings is 3. The van der Waals surface area contributed by atoms with Gasteiger partial charge >= 0.3 is 0 Å². The third-order valence-corrected chi connectivity index (χ3v) is 7.05. The van der Waals surface area contributed by atoms with Gasteiger partial charge in [0, 0.05) is 24.3 Å². The van der Waals surface area contributed by atoms with E-state index in [1.54, 1.807) is 43.0 Å². The average Bonchev–Trinajstić information content (AvgIpc) is 2.91. The average molecular weight is 487 g/mol. The number of aryl methyl sites for hydroxylation is 1. The molecule has 0 bridgehead atoms. The van der Waals surface area contributed by atoms with Crippen molar-refractivity contribution in [1.29, 1.82) is 0 Å². The number of hydrogen-bond acceptors (Lipinski definition) is 4. The largest absolute Gasteiger partial charge is 0.481 e.